The molecular formula is C13H34O12S3. The third-order valence-electron chi connectivity index (χ3n) is 2.58. The zero-order chi connectivity index (χ0) is 23.6. The standard InChI is InChI=1S/C7H16O3.3C2H6O3S/c1-2-3-4-6(9)7(10)5-8;3*1-2-6(3,4)5/h6-10H,2-5H2,1H3;3*2H2,1H3,(H,3,4,5). The molecule has 0 saturated heterocycles. The average Bonchev–Trinajstić information content (AvgIpc) is 2.58. The molecule has 0 spiro atoms. The minimum atomic E-state index is -3.66. The Bertz CT molecular complexity index is 564. The predicted octanol–water partition coefficient (Wildman–Crippen LogP) is -0.427. The Morgan fingerprint density at radius 2 is 0.893 bits per heavy atom. The van der Waals surface area contributed by atoms with E-state index < -0.39 is 42.6 Å². The summed E-state index contributed by atoms with van der Waals surface area (Å²) in [6, 6.07) is 0. The van der Waals surface area contributed by atoms with Crippen molar-refractivity contribution in [3.63, 3.8) is 0 Å². The lowest BCUT2D eigenvalue weighted by atomic mass is 10.1. The molecule has 176 valence electrons. The van der Waals surface area contributed by atoms with Crippen LogP contribution in [-0.4, -0.2) is 90.3 Å². The third-order valence-corrected chi connectivity index (χ3v) is 4.77. The van der Waals surface area contributed by atoms with E-state index in [4.69, 9.17) is 29.0 Å². The van der Waals surface area contributed by atoms with Crippen molar-refractivity contribution in [3.05, 3.63) is 0 Å². The molecule has 2 atom stereocenters. The van der Waals surface area contributed by atoms with Crippen molar-refractivity contribution in [2.45, 2.75) is 59.2 Å². The highest BCUT2D eigenvalue weighted by molar-refractivity contribution is 7.86. The summed E-state index contributed by atoms with van der Waals surface area (Å²) >= 11 is 0. The lowest BCUT2D eigenvalue weighted by Crippen LogP contribution is -2.28. The minimum absolute atomic E-state index is 0.201. The second-order valence-corrected chi connectivity index (χ2v) is 10.3. The van der Waals surface area contributed by atoms with Gasteiger partial charge in [-0.3, -0.25) is 13.7 Å². The summed E-state index contributed by atoms with van der Waals surface area (Å²) in [6.45, 7) is 5.77. The Morgan fingerprint density at radius 1 is 0.643 bits per heavy atom. The molecule has 0 radical (unpaired) electrons. The number of hydrogen-bond acceptors (Lipinski definition) is 9. The van der Waals surface area contributed by atoms with Crippen molar-refractivity contribution < 1.29 is 54.2 Å². The first-order valence-electron chi connectivity index (χ1n) is 8.22. The molecular weight excluding hydrogens is 444 g/mol. The molecule has 0 fully saturated rings. The van der Waals surface area contributed by atoms with Gasteiger partial charge in [-0.15, -0.1) is 0 Å². The van der Waals surface area contributed by atoms with Gasteiger partial charge in [-0.1, -0.05) is 19.8 Å². The second-order valence-electron chi connectivity index (χ2n) is 5.07. The molecule has 0 aromatic rings. The molecule has 0 aliphatic carbocycles. The summed E-state index contributed by atoms with van der Waals surface area (Å²) in [5.41, 5.74) is 0. The van der Waals surface area contributed by atoms with E-state index in [9.17, 15) is 25.3 Å². The molecule has 2 unspecified atom stereocenters. The number of hydrogen-bond donors (Lipinski definition) is 6. The van der Waals surface area contributed by atoms with Gasteiger partial charge in [-0.2, -0.15) is 25.3 Å². The van der Waals surface area contributed by atoms with Gasteiger partial charge < -0.3 is 15.3 Å². The molecule has 0 bridgehead atoms. The average molecular weight is 479 g/mol. The summed E-state index contributed by atoms with van der Waals surface area (Å²) in [6.07, 6.45) is 0.725. The molecule has 15 heteroatoms. The van der Waals surface area contributed by atoms with Gasteiger partial charge >= 0.3 is 0 Å². The fraction of sp³-hybridized carbons (Fsp3) is 1.00. The van der Waals surface area contributed by atoms with Crippen molar-refractivity contribution in [1.82, 2.24) is 0 Å². The van der Waals surface area contributed by atoms with Crippen molar-refractivity contribution in [2.24, 2.45) is 0 Å². The van der Waals surface area contributed by atoms with Gasteiger partial charge in [0.1, 0.15) is 6.10 Å². The highest BCUT2D eigenvalue weighted by Gasteiger charge is 2.13. The molecule has 28 heavy (non-hydrogen) atoms. The number of unbranched alkanes of at least 4 members (excludes halogenated alkanes) is 1. The van der Waals surface area contributed by atoms with Crippen LogP contribution in [0.4, 0.5) is 0 Å². The van der Waals surface area contributed by atoms with Crippen LogP contribution < -0.4 is 0 Å². The van der Waals surface area contributed by atoms with Gasteiger partial charge in [0, 0.05) is 0 Å². The first kappa shape index (κ1) is 35.1. The first-order chi connectivity index (χ1) is 12.4. The van der Waals surface area contributed by atoms with Gasteiger partial charge in [0.2, 0.25) is 0 Å². The summed E-state index contributed by atoms with van der Waals surface area (Å²) in [5, 5.41) is 26.3. The lowest BCUT2D eigenvalue weighted by molar-refractivity contribution is -0.0183. The SMILES string of the molecule is CCCCC(O)C(O)CO.CCS(=O)(=O)O.CCS(=O)(=O)O.CCS(=O)(=O)O. The maximum absolute atomic E-state index is 9.56. The van der Waals surface area contributed by atoms with Crippen molar-refractivity contribution in [1.29, 1.82) is 0 Å². The molecule has 0 saturated carbocycles. The lowest BCUT2D eigenvalue weighted by Gasteiger charge is -2.14. The van der Waals surface area contributed by atoms with Gasteiger partial charge in [0.05, 0.1) is 30.0 Å². The Kier molecular flexibility index (Phi) is 23.3. The van der Waals surface area contributed by atoms with Crippen LogP contribution in [0, 0.1) is 0 Å². The molecule has 12 nitrogen and oxygen atoms in total. The largest absolute Gasteiger partial charge is 0.394 e. The molecule has 0 rings (SSSR count). The van der Waals surface area contributed by atoms with Gasteiger partial charge in [-0.25, -0.2) is 0 Å². The molecule has 6 N–H and O–H groups in total. The third kappa shape index (κ3) is 44.8. The maximum Gasteiger partial charge on any atom is 0.264 e. The molecule has 0 aliphatic heterocycles. The monoisotopic (exact) mass is 478 g/mol. The van der Waals surface area contributed by atoms with E-state index in [-0.39, 0.29) is 23.9 Å². The Balaban J connectivity index is -0.000000142. The molecule has 0 amide bonds. The summed E-state index contributed by atoms with van der Waals surface area (Å²) < 4.78 is 80.7. The Morgan fingerprint density at radius 3 is 1.04 bits per heavy atom. The maximum atomic E-state index is 9.56. The predicted molar refractivity (Wildman–Crippen MR) is 105 cm³/mol. The fourth-order valence-corrected chi connectivity index (χ4v) is 0.727. The quantitative estimate of drug-likeness (QED) is 0.244. The summed E-state index contributed by atoms with van der Waals surface area (Å²) in [5.74, 6) is -0.604. The van der Waals surface area contributed by atoms with E-state index >= 15 is 0 Å². The first-order valence-corrected chi connectivity index (χ1v) is 13.1. The van der Waals surface area contributed by atoms with Crippen LogP contribution in [0.1, 0.15) is 47.0 Å². The summed E-state index contributed by atoms with van der Waals surface area (Å²) in [4.78, 5) is 0. The van der Waals surface area contributed by atoms with Crippen LogP contribution in [0.3, 0.4) is 0 Å². The van der Waals surface area contributed by atoms with E-state index in [0.29, 0.717) is 6.42 Å². The van der Waals surface area contributed by atoms with E-state index in [2.05, 4.69) is 0 Å². The van der Waals surface area contributed by atoms with Gasteiger partial charge in [0.15, 0.2) is 0 Å². The van der Waals surface area contributed by atoms with Crippen molar-refractivity contribution in [2.75, 3.05) is 23.9 Å². The normalized spacial score (nSPS) is 13.5. The second kappa shape index (κ2) is 18.6. The van der Waals surface area contributed by atoms with Crippen LogP contribution in [-0.2, 0) is 30.4 Å². The Hall–Kier alpha value is -0.390. The van der Waals surface area contributed by atoms with Crippen LogP contribution in [0.2, 0.25) is 0 Å². The van der Waals surface area contributed by atoms with E-state index in [1.807, 2.05) is 6.92 Å². The van der Waals surface area contributed by atoms with Gasteiger partial charge in [-0.05, 0) is 27.2 Å². The molecule has 0 heterocycles. The van der Waals surface area contributed by atoms with Crippen LogP contribution >= 0.6 is 0 Å². The molecule has 0 aromatic carbocycles. The molecule has 0 aromatic heterocycles. The smallest absolute Gasteiger partial charge is 0.264 e. The number of rotatable bonds is 8. The Labute approximate surface area is 167 Å². The van der Waals surface area contributed by atoms with E-state index in [1.54, 1.807) is 0 Å². The van der Waals surface area contributed by atoms with Gasteiger partial charge in [0.25, 0.3) is 30.4 Å². The van der Waals surface area contributed by atoms with Crippen molar-refractivity contribution in [3.8, 4) is 0 Å². The number of aliphatic hydroxyl groups excluding tert-OH is 3. The van der Waals surface area contributed by atoms with Crippen LogP contribution in [0.15, 0.2) is 0 Å². The van der Waals surface area contributed by atoms with Crippen LogP contribution in [0.5, 0.6) is 0 Å². The zero-order valence-electron chi connectivity index (χ0n) is 16.5. The zero-order valence-corrected chi connectivity index (χ0v) is 18.9. The minimum Gasteiger partial charge on any atom is -0.394 e. The summed E-state index contributed by atoms with van der Waals surface area (Å²) in [7, 11) is -11.0. The van der Waals surface area contributed by atoms with Crippen molar-refractivity contribution >= 4 is 30.4 Å². The fourth-order valence-electron chi connectivity index (χ4n) is 0.727. The molecule has 0 aliphatic rings. The van der Waals surface area contributed by atoms with E-state index in [0.717, 1.165) is 12.8 Å². The van der Waals surface area contributed by atoms with E-state index in [1.165, 1.54) is 20.8 Å². The van der Waals surface area contributed by atoms with Crippen LogP contribution in [0.25, 0.3) is 0 Å². The highest BCUT2D eigenvalue weighted by Crippen LogP contribution is 2.03. The number of aliphatic hydroxyl groups is 3. The highest BCUT2D eigenvalue weighted by atomic mass is 32.2. The topological polar surface area (TPSA) is 224 Å².